The summed E-state index contributed by atoms with van der Waals surface area (Å²) >= 11 is 5.95. The Hall–Kier alpha value is -1.59. The zero-order valence-corrected chi connectivity index (χ0v) is 14.4. The average Bonchev–Trinajstić information content (AvgIpc) is 2.78. The van der Waals surface area contributed by atoms with E-state index in [9.17, 15) is 9.59 Å². The SMILES string of the molecule is CC(C)[C@@H](N)C(=O)N1CCCN(C(=O)c2cccc(Cl)c2)CC1. The lowest BCUT2D eigenvalue weighted by Crippen LogP contribution is -2.47. The topological polar surface area (TPSA) is 66.6 Å². The molecule has 2 rings (SSSR count). The molecule has 0 unspecified atom stereocenters. The molecule has 1 aromatic carbocycles. The van der Waals surface area contributed by atoms with Crippen LogP contribution in [0.3, 0.4) is 0 Å². The second-order valence-electron chi connectivity index (χ2n) is 6.25. The number of hydrogen-bond acceptors (Lipinski definition) is 3. The molecule has 1 saturated heterocycles. The van der Waals surface area contributed by atoms with Crippen molar-refractivity contribution in [1.82, 2.24) is 9.80 Å². The average molecular weight is 338 g/mol. The van der Waals surface area contributed by atoms with Gasteiger partial charge in [-0.15, -0.1) is 0 Å². The minimum absolute atomic E-state index is 0.0305. The van der Waals surface area contributed by atoms with Crippen LogP contribution in [-0.4, -0.2) is 53.8 Å². The molecule has 0 aromatic heterocycles. The third-order valence-electron chi connectivity index (χ3n) is 4.17. The Morgan fingerprint density at radius 1 is 1.13 bits per heavy atom. The molecule has 1 fully saturated rings. The fourth-order valence-corrected chi connectivity index (χ4v) is 2.83. The number of hydrogen-bond donors (Lipinski definition) is 1. The first-order chi connectivity index (χ1) is 10.9. The van der Waals surface area contributed by atoms with E-state index in [0.29, 0.717) is 36.8 Å². The zero-order chi connectivity index (χ0) is 17.0. The maximum absolute atomic E-state index is 12.6. The van der Waals surface area contributed by atoms with Gasteiger partial charge >= 0.3 is 0 Å². The first kappa shape index (κ1) is 17.8. The summed E-state index contributed by atoms with van der Waals surface area (Å²) in [5.74, 6) is 0.0296. The van der Waals surface area contributed by atoms with Crippen LogP contribution in [0.2, 0.25) is 5.02 Å². The molecule has 0 radical (unpaired) electrons. The second-order valence-corrected chi connectivity index (χ2v) is 6.69. The zero-order valence-electron chi connectivity index (χ0n) is 13.7. The van der Waals surface area contributed by atoms with Crippen LogP contribution in [0.1, 0.15) is 30.6 Å². The van der Waals surface area contributed by atoms with Crippen molar-refractivity contribution in [2.75, 3.05) is 26.2 Å². The van der Waals surface area contributed by atoms with Crippen molar-refractivity contribution < 1.29 is 9.59 Å². The largest absolute Gasteiger partial charge is 0.340 e. The van der Waals surface area contributed by atoms with Gasteiger partial charge in [-0.05, 0) is 30.5 Å². The van der Waals surface area contributed by atoms with Crippen molar-refractivity contribution in [3.05, 3.63) is 34.9 Å². The Bertz CT molecular complexity index is 577. The fraction of sp³-hybridized carbons (Fsp3) is 0.529. The number of halogens is 1. The monoisotopic (exact) mass is 337 g/mol. The van der Waals surface area contributed by atoms with Crippen LogP contribution in [0, 0.1) is 5.92 Å². The molecule has 1 aromatic rings. The molecule has 5 nitrogen and oxygen atoms in total. The molecule has 1 heterocycles. The summed E-state index contributed by atoms with van der Waals surface area (Å²) in [7, 11) is 0. The van der Waals surface area contributed by atoms with Crippen LogP contribution in [0.5, 0.6) is 0 Å². The molecule has 2 amide bonds. The van der Waals surface area contributed by atoms with Crippen LogP contribution >= 0.6 is 11.6 Å². The quantitative estimate of drug-likeness (QED) is 0.917. The summed E-state index contributed by atoms with van der Waals surface area (Å²) in [4.78, 5) is 28.5. The van der Waals surface area contributed by atoms with Crippen molar-refractivity contribution in [1.29, 1.82) is 0 Å². The van der Waals surface area contributed by atoms with E-state index in [-0.39, 0.29) is 17.7 Å². The highest BCUT2D eigenvalue weighted by Crippen LogP contribution is 2.15. The summed E-state index contributed by atoms with van der Waals surface area (Å²) in [6.45, 7) is 6.18. The number of carbonyl (C=O) groups excluding carboxylic acids is 2. The third-order valence-corrected chi connectivity index (χ3v) is 4.40. The highest BCUT2D eigenvalue weighted by Gasteiger charge is 2.27. The standard InChI is InChI=1S/C17H24ClN3O2/c1-12(2)15(19)17(23)21-8-4-7-20(9-10-21)16(22)13-5-3-6-14(18)11-13/h3,5-6,11-12,15H,4,7-10,19H2,1-2H3/t15-/m1/s1. The van der Waals surface area contributed by atoms with Gasteiger partial charge in [-0.25, -0.2) is 0 Å². The van der Waals surface area contributed by atoms with Gasteiger partial charge < -0.3 is 15.5 Å². The van der Waals surface area contributed by atoms with Crippen LogP contribution in [-0.2, 0) is 4.79 Å². The fourth-order valence-electron chi connectivity index (χ4n) is 2.64. The van der Waals surface area contributed by atoms with Crippen LogP contribution in [0.4, 0.5) is 0 Å². The Morgan fingerprint density at radius 3 is 2.43 bits per heavy atom. The molecule has 2 N–H and O–H groups in total. The molecular formula is C17H24ClN3O2. The number of benzene rings is 1. The minimum atomic E-state index is -0.481. The van der Waals surface area contributed by atoms with Gasteiger partial charge in [-0.1, -0.05) is 31.5 Å². The lowest BCUT2D eigenvalue weighted by atomic mass is 10.0. The molecule has 1 aliphatic rings. The van der Waals surface area contributed by atoms with Gasteiger partial charge in [0.2, 0.25) is 5.91 Å². The van der Waals surface area contributed by atoms with Gasteiger partial charge in [0.05, 0.1) is 6.04 Å². The molecule has 0 aliphatic carbocycles. The van der Waals surface area contributed by atoms with Crippen LogP contribution in [0.25, 0.3) is 0 Å². The smallest absolute Gasteiger partial charge is 0.253 e. The predicted molar refractivity (Wildman–Crippen MR) is 91.4 cm³/mol. The minimum Gasteiger partial charge on any atom is -0.340 e. The number of carbonyl (C=O) groups is 2. The van der Waals surface area contributed by atoms with E-state index in [0.717, 1.165) is 6.42 Å². The van der Waals surface area contributed by atoms with Crippen LogP contribution in [0.15, 0.2) is 24.3 Å². The van der Waals surface area contributed by atoms with Gasteiger partial charge in [-0.3, -0.25) is 9.59 Å². The van der Waals surface area contributed by atoms with Crippen molar-refractivity contribution in [2.24, 2.45) is 11.7 Å². The Labute approximate surface area is 142 Å². The molecule has 23 heavy (non-hydrogen) atoms. The number of amides is 2. The predicted octanol–water partition coefficient (Wildman–Crippen LogP) is 2.00. The normalized spacial score (nSPS) is 17.1. The van der Waals surface area contributed by atoms with Gasteiger partial charge in [0.15, 0.2) is 0 Å². The van der Waals surface area contributed by atoms with Gasteiger partial charge in [0.25, 0.3) is 5.91 Å². The highest BCUT2D eigenvalue weighted by atomic mass is 35.5. The second kappa shape index (κ2) is 7.79. The number of rotatable bonds is 3. The molecule has 0 spiro atoms. The summed E-state index contributed by atoms with van der Waals surface area (Å²) in [5, 5.41) is 0.547. The van der Waals surface area contributed by atoms with E-state index in [1.807, 2.05) is 13.8 Å². The lowest BCUT2D eigenvalue weighted by Gasteiger charge is -2.26. The van der Waals surface area contributed by atoms with Gasteiger partial charge in [0, 0.05) is 36.8 Å². The lowest BCUT2D eigenvalue weighted by molar-refractivity contribution is -0.133. The highest BCUT2D eigenvalue weighted by molar-refractivity contribution is 6.30. The molecule has 126 valence electrons. The van der Waals surface area contributed by atoms with Crippen molar-refractivity contribution in [3.63, 3.8) is 0 Å². The summed E-state index contributed by atoms with van der Waals surface area (Å²) < 4.78 is 0. The molecule has 0 saturated carbocycles. The van der Waals surface area contributed by atoms with Gasteiger partial charge in [-0.2, -0.15) is 0 Å². The summed E-state index contributed by atoms with van der Waals surface area (Å²) in [6, 6.07) is 6.47. The first-order valence-corrected chi connectivity index (χ1v) is 8.37. The Morgan fingerprint density at radius 2 is 1.78 bits per heavy atom. The third kappa shape index (κ3) is 4.45. The van der Waals surface area contributed by atoms with E-state index in [1.54, 1.807) is 34.1 Å². The summed E-state index contributed by atoms with van der Waals surface area (Å²) in [5.41, 5.74) is 6.54. The number of nitrogens with zero attached hydrogens (tertiary/aromatic N) is 2. The molecule has 1 aliphatic heterocycles. The number of nitrogens with two attached hydrogens (primary N) is 1. The maximum atomic E-state index is 12.6. The van der Waals surface area contributed by atoms with Crippen molar-refractivity contribution in [2.45, 2.75) is 26.3 Å². The molecule has 6 heteroatoms. The van der Waals surface area contributed by atoms with E-state index < -0.39 is 6.04 Å². The maximum Gasteiger partial charge on any atom is 0.253 e. The Balaban J connectivity index is 2.01. The Kier molecular flexibility index (Phi) is 6.02. The van der Waals surface area contributed by atoms with Crippen molar-refractivity contribution in [3.8, 4) is 0 Å². The van der Waals surface area contributed by atoms with E-state index in [4.69, 9.17) is 17.3 Å². The van der Waals surface area contributed by atoms with Crippen molar-refractivity contribution >= 4 is 23.4 Å². The van der Waals surface area contributed by atoms with E-state index in [2.05, 4.69) is 0 Å². The first-order valence-electron chi connectivity index (χ1n) is 7.99. The summed E-state index contributed by atoms with van der Waals surface area (Å²) in [6.07, 6.45) is 0.753. The molecule has 1 atom stereocenters. The van der Waals surface area contributed by atoms with E-state index in [1.165, 1.54) is 0 Å². The molecule has 0 bridgehead atoms. The molecular weight excluding hydrogens is 314 g/mol. The van der Waals surface area contributed by atoms with Gasteiger partial charge in [0.1, 0.15) is 0 Å². The van der Waals surface area contributed by atoms with E-state index >= 15 is 0 Å². The van der Waals surface area contributed by atoms with Crippen LogP contribution < -0.4 is 5.73 Å².